The van der Waals surface area contributed by atoms with E-state index in [0.717, 1.165) is 12.0 Å². The molecule has 1 aromatic carbocycles. The van der Waals surface area contributed by atoms with Crippen molar-refractivity contribution in [2.75, 3.05) is 6.54 Å². The summed E-state index contributed by atoms with van der Waals surface area (Å²) in [6.07, 6.45) is 1.88. The van der Waals surface area contributed by atoms with Gasteiger partial charge in [-0.2, -0.15) is 0 Å². The highest BCUT2D eigenvalue weighted by Gasteiger charge is 2.27. The Morgan fingerprint density at radius 3 is 2.30 bits per heavy atom. The van der Waals surface area contributed by atoms with Crippen molar-refractivity contribution in [3.05, 3.63) is 35.9 Å². The normalized spacial score (nSPS) is 12.0. The first-order valence-electron chi connectivity index (χ1n) is 8.60. The van der Waals surface area contributed by atoms with Crippen LogP contribution in [0.15, 0.2) is 30.3 Å². The van der Waals surface area contributed by atoms with Crippen LogP contribution in [-0.2, 0) is 16.1 Å². The van der Waals surface area contributed by atoms with Gasteiger partial charge in [-0.05, 0) is 24.3 Å². The molecule has 2 amide bonds. The number of amides is 2. The fourth-order valence-corrected chi connectivity index (χ4v) is 2.48. The summed E-state index contributed by atoms with van der Waals surface area (Å²) in [6.45, 7) is 9.18. The van der Waals surface area contributed by atoms with Crippen LogP contribution in [0.1, 0.15) is 52.5 Å². The average Bonchev–Trinajstić information content (AvgIpc) is 2.53. The number of hydrogen-bond donors (Lipinski definition) is 1. The van der Waals surface area contributed by atoms with Crippen LogP contribution in [0.4, 0.5) is 0 Å². The van der Waals surface area contributed by atoms with Gasteiger partial charge in [0.05, 0.1) is 0 Å². The Balaban J connectivity index is 2.90. The lowest BCUT2D eigenvalue weighted by Gasteiger charge is -2.31. The highest BCUT2D eigenvalue weighted by atomic mass is 16.2. The fourth-order valence-electron chi connectivity index (χ4n) is 2.48. The van der Waals surface area contributed by atoms with Crippen molar-refractivity contribution >= 4 is 11.8 Å². The number of carbonyl (C=O) groups excluding carboxylic acids is 2. The van der Waals surface area contributed by atoms with E-state index >= 15 is 0 Å². The van der Waals surface area contributed by atoms with Gasteiger partial charge in [0.25, 0.3) is 0 Å². The van der Waals surface area contributed by atoms with E-state index in [9.17, 15) is 9.59 Å². The number of hydrogen-bond acceptors (Lipinski definition) is 2. The van der Waals surface area contributed by atoms with E-state index < -0.39 is 6.04 Å². The Morgan fingerprint density at radius 1 is 1.13 bits per heavy atom. The van der Waals surface area contributed by atoms with Crippen molar-refractivity contribution in [1.82, 2.24) is 10.2 Å². The van der Waals surface area contributed by atoms with E-state index in [1.165, 1.54) is 0 Å². The second kappa shape index (κ2) is 10.0. The van der Waals surface area contributed by atoms with Crippen LogP contribution in [0.2, 0.25) is 0 Å². The van der Waals surface area contributed by atoms with Gasteiger partial charge in [0.15, 0.2) is 0 Å². The first-order valence-corrected chi connectivity index (χ1v) is 8.60. The van der Waals surface area contributed by atoms with Crippen LogP contribution in [0, 0.1) is 5.92 Å². The molecule has 1 rings (SSSR count). The Labute approximate surface area is 140 Å². The molecule has 1 unspecified atom stereocenters. The molecule has 0 spiro atoms. The summed E-state index contributed by atoms with van der Waals surface area (Å²) in [6, 6.07) is 9.44. The van der Waals surface area contributed by atoms with Crippen LogP contribution in [-0.4, -0.2) is 29.3 Å². The van der Waals surface area contributed by atoms with E-state index in [1.807, 2.05) is 44.2 Å². The highest BCUT2D eigenvalue weighted by Crippen LogP contribution is 2.14. The molecule has 0 aliphatic rings. The van der Waals surface area contributed by atoms with Gasteiger partial charge in [-0.25, -0.2) is 0 Å². The van der Waals surface area contributed by atoms with Gasteiger partial charge in [-0.15, -0.1) is 0 Å². The lowest BCUT2D eigenvalue weighted by atomic mass is 10.1. The standard InChI is InChI=1S/C19H30N2O2/c1-5-10-18(22)21(14-16-11-8-7-9-12-16)17(6-2)19(23)20-13-15(3)4/h7-9,11-12,15,17H,5-6,10,13-14H2,1-4H3,(H,20,23). The Bertz CT molecular complexity index is 485. The van der Waals surface area contributed by atoms with Gasteiger partial charge in [-0.3, -0.25) is 9.59 Å². The number of benzene rings is 1. The minimum atomic E-state index is -0.409. The molecule has 1 atom stereocenters. The quantitative estimate of drug-likeness (QED) is 0.759. The average molecular weight is 318 g/mol. The molecule has 23 heavy (non-hydrogen) atoms. The summed E-state index contributed by atoms with van der Waals surface area (Å²) >= 11 is 0. The van der Waals surface area contributed by atoms with Gasteiger partial charge >= 0.3 is 0 Å². The zero-order valence-corrected chi connectivity index (χ0v) is 14.8. The molecule has 1 N–H and O–H groups in total. The molecule has 128 valence electrons. The van der Waals surface area contributed by atoms with Crippen molar-refractivity contribution in [3.8, 4) is 0 Å². The predicted molar refractivity (Wildman–Crippen MR) is 93.8 cm³/mol. The monoisotopic (exact) mass is 318 g/mol. The molecule has 0 aliphatic carbocycles. The first-order chi connectivity index (χ1) is 11.0. The molecule has 0 aromatic heterocycles. The van der Waals surface area contributed by atoms with Gasteiger partial charge in [0.2, 0.25) is 11.8 Å². The molecule has 0 radical (unpaired) electrons. The van der Waals surface area contributed by atoms with Gasteiger partial charge in [0.1, 0.15) is 6.04 Å². The minimum Gasteiger partial charge on any atom is -0.354 e. The number of rotatable bonds is 9. The fraction of sp³-hybridized carbons (Fsp3) is 0.579. The van der Waals surface area contributed by atoms with Crippen molar-refractivity contribution < 1.29 is 9.59 Å². The maximum Gasteiger partial charge on any atom is 0.242 e. The van der Waals surface area contributed by atoms with Gasteiger partial charge < -0.3 is 10.2 Å². The molecule has 0 bridgehead atoms. The van der Waals surface area contributed by atoms with E-state index in [-0.39, 0.29) is 11.8 Å². The zero-order chi connectivity index (χ0) is 17.2. The molecule has 4 heteroatoms. The molecule has 0 saturated carbocycles. The minimum absolute atomic E-state index is 0.0444. The third kappa shape index (κ3) is 6.43. The number of nitrogens with zero attached hydrogens (tertiary/aromatic N) is 1. The third-order valence-corrected chi connectivity index (χ3v) is 3.73. The van der Waals surface area contributed by atoms with Crippen molar-refractivity contribution in [3.63, 3.8) is 0 Å². The molecule has 4 nitrogen and oxygen atoms in total. The lowest BCUT2D eigenvalue weighted by molar-refractivity contribution is -0.141. The molecule has 0 fully saturated rings. The van der Waals surface area contributed by atoms with Crippen molar-refractivity contribution in [1.29, 1.82) is 0 Å². The maximum atomic E-state index is 12.5. The smallest absolute Gasteiger partial charge is 0.242 e. The summed E-state index contributed by atoms with van der Waals surface area (Å²) < 4.78 is 0. The van der Waals surface area contributed by atoms with Gasteiger partial charge in [-0.1, -0.05) is 58.0 Å². The van der Waals surface area contributed by atoms with E-state index in [2.05, 4.69) is 19.2 Å². The molecule has 0 aliphatic heterocycles. The predicted octanol–water partition coefficient (Wildman–Crippen LogP) is 3.37. The van der Waals surface area contributed by atoms with Crippen molar-refractivity contribution in [2.45, 2.75) is 59.5 Å². The second-order valence-electron chi connectivity index (χ2n) is 6.32. The molecule has 1 aromatic rings. The van der Waals surface area contributed by atoms with Crippen LogP contribution in [0.25, 0.3) is 0 Å². The van der Waals surface area contributed by atoms with Crippen molar-refractivity contribution in [2.24, 2.45) is 5.92 Å². The third-order valence-electron chi connectivity index (χ3n) is 3.73. The Morgan fingerprint density at radius 2 is 1.78 bits per heavy atom. The second-order valence-corrected chi connectivity index (χ2v) is 6.32. The van der Waals surface area contributed by atoms with Crippen LogP contribution in [0.5, 0.6) is 0 Å². The lowest BCUT2D eigenvalue weighted by Crippen LogP contribution is -2.49. The number of carbonyl (C=O) groups is 2. The topological polar surface area (TPSA) is 49.4 Å². The van der Waals surface area contributed by atoms with Gasteiger partial charge in [0, 0.05) is 19.5 Å². The number of nitrogens with one attached hydrogen (secondary N) is 1. The SMILES string of the molecule is CCCC(=O)N(Cc1ccccc1)C(CC)C(=O)NCC(C)C. The molecule has 0 saturated heterocycles. The van der Waals surface area contributed by atoms with E-state index in [1.54, 1.807) is 4.90 Å². The van der Waals surface area contributed by atoms with Crippen LogP contribution in [0.3, 0.4) is 0 Å². The molecular formula is C19H30N2O2. The summed E-state index contributed by atoms with van der Waals surface area (Å²) in [4.78, 5) is 26.8. The maximum absolute atomic E-state index is 12.5. The largest absolute Gasteiger partial charge is 0.354 e. The van der Waals surface area contributed by atoms with E-state index in [4.69, 9.17) is 0 Å². The first kappa shape index (κ1) is 19.2. The summed E-state index contributed by atoms with van der Waals surface area (Å²) in [5, 5.41) is 2.96. The Kier molecular flexibility index (Phi) is 8.38. The zero-order valence-electron chi connectivity index (χ0n) is 14.8. The summed E-state index contributed by atoms with van der Waals surface area (Å²) in [5.41, 5.74) is 1.05. The van der Waals surface area contributed by atoms with Crippen LogP contribution < -0.4 is 5.32 Å². The molecule has 0 heterocycles. The van der Waals surface area contributed by atoms with E-state index in [0.29, 0.717) is 31.8 Å². The highest BCUT2D eigenvalue weighted by molar-refractivity contribution is 5.87. The molecular weight excluding hydrogens is 288 g/mol. The van der Waals surface area contributed by atoms with Crippen LogP contribution >= 0.6 is 0 Å². The summed E-state index contributed by atoms with van der Waals surface area (Å²) in [7, 11) is 0. The Hall–Kier alpha value is -1.84. The summed E-state index contributed by atoms with van der Waals surface area (Å²) in [5.74, 6) is 0.384.